The van der Waals surface area contributed by atoms with E-state index >= 15 is 0 Å². The summed E-state index contributed by atoms with van der Waals surface area (Å²) in [6.45, 7) is 3.14. The van der Waals surface area contributed by atoms with Crippen LogP contribution in [0.3, 0.4) is 0 Å². The van der Waals surface area contributed by atoms with Crippen molar-refractivity contribution in [2.24, 2.45) is 0 Å². The molecule has 0 spiro atoms. The largest absolute Gasteiger partial charge is 0.380 e. The molecule has 5 heteroatoms. The standard InChI is InChI=1S/C14H17F2NO2/c1-9(17-6-5-11(8-17)19-2)14(18)12-4-3-10(15)7-13(12)16/h3-4,7,9,11H,5-6,8H2,1-2H3. The molecule has 2 rings (SSSR count). The number of Topliss-reactive ketones (excluding diaryl/α,β-unsaturated/α-hetero) is 1. The summed E-state index contributed by atoms with van der Waals surface area (Å²) >= 11 is 0. The van der Waals surface area contributed by atoms with Gasteiger partial charge in [0.1, 0.15) is 11.6 Å². The normalized spacial score (nSPS) is 21.6. The minimum absolute atomic E-state index is 0.0604. The van der Waals surface area contributed by atoms with E-state index in [1.54, 1.807) is 14.0 Å². The molecule has 2 unspecified atom stereocenters. The van der Waals surface area contributed by atoms with Crippen LogP contribution in [0.25, 0.3) is 0 Å². The first-order chi connectivity index (χ1) is 9.02. The van der Waals surface area contributed by atoms with E-state index in [4.69, 9.17) is 4.74 Å². The van der Waals surface area contributed by atoms with Gasteiger partial charge in [0.2, 0.25) is 0 Å². The maximum Gasteiger partial charge on any atom is 0.182 e. The van der Waals surface area contributed by atoms with E-state index in [0.717, 1.165) is 25.1 Å². The predicted molar refractivity (Wildman–Crippen MR) is 67.1 cm³/mol. The van der Waals surface area contributed by atoms with E-state index in [2.05, 4.69) is 0 Å². The molecule has 0 radical (unpaired) electrons. The number of likely N-dealkylation sites (tertiary alicyclic amines) is 1. The Hall–Kier alpha value is -1.33. The number of methoxy groups -OCH3 is 1. The van der Waals surface area contributed by atoms with Gasteiger partial charge in [-0.25, -0.2) is 8.78 Å². The van der Waals surface area contributed by atoms with Crippen LogP contribution < -0.4 is 0 Å². The predicted octanol–water partition coefficient (Wildman–Crippen LogP) is 2.26. The van der Waals surface area contributed by atoms with Crippen LogP contribution in [-0.2, 0) is 4.74 Å². The highest BCUT2D eigenvalue weighted by atomic mass is 19.1. The van der Waals surface area contributed by atoms with E-state index in [-0.39, 0.29) is 17.5 Å². The molecule has 3 nitrogen and oxygen atoms in total. The van der Waals surface area contributed by atoms with Gasteiger partial charge in [-0.1, -0.05) is 0 Å². The highest BCUT2D eigenvalue weighted by Gasteiger charge is 2.30. The lowest BCUT2D eigenvalue weighted by molar-refractivity contribution is 0.0797. The lowest BCUT2D eigenvalue weighted by atomic mass is 10.0. The van der Waals surface area contributed by atoms with Crippen molar-refractivity contribution in [1.29, 1.82) is 0 Å². The molecule has 1 saturated heterocycles. The monoisotopic (exact) mass is 269 g/mol. The van der Waals surface area contributed by atoms with Gasteiger partial charge in [-0.3, -0.25) is 9.69 Å². The first-order valence-corrected chi connectivity index (χ1v) is 6.29. The molecule has 0 N–H and O–H groups in total. The molecule has 1 aliphatic heterocycles. The molecule has 1 fully saturated rings. The van der Waals surface area contributed by atoms with Gasteiger partial charge in [0.05, 0.1) is 17.7 Å². The highest BCUT2D eigenvalue weighted by molar-refractivity contribution is 6.00. The molecule has 0 bridgehead atoms. The Kier molecular flexibility index (Phi) is 4.27. The summed E-state index contributed by atoms with van der Waals surface area (Å²) in [5, 5.41) is 0. The molecule has 0 aliphatic carbocycles. The van der Waals surface area contributed by atoms with Gasteiger partial charge in [-0.15, -0.1) is 0 Å². The van der Waals surface area contributed by atoms with Gasteiger partial charge in [0, 0.05) is 26.3 Å². The van der Waals surface area contributed by atoms with Gasteiger partial charge in [0.15, 0.2) is 5.78 Å². The number of halogens is 2. The van der Waals surface area contributed by atoms with Crippen LogP contribution in [0, 0.1) is 11.6 Å². The zero-order valence-electron chi connectivity index (χ0n) is 11.0. The fraction of sp³-hybridized carbons (Fsp3) is 0.500. The Bertz CT molecular complexity index is 479. The van der Waals surface area contributed by atoms with Crippen molar-refractivity contribution in [2.45, 2.75) is 25.5 Å². The first-order valence-electron chi connectivity index (χ1n) is 6.29. The van der Waals surface area contributed by atoms with E-state index in [1.807, 2.05) is 4.90 Å². The number of hydrogen-bond acceptors (Lipinski definition) is 3. The van der Waals surface area contributed by atoms with Crippen LogP contribution in [0.4, 0.5) is 8.78 Å². The first kappa shape index (κ1) is 14.1. The molecular formula is C14H17F2NO2. The fourth-order valence-electron chi connectivity index (χ4n) is 2.38. The van der Waals surface area contributed by atoms with Gasteiger partial charge >= 0.3 is 0 Å². The summed E-state index contributed by atoms with van der Waals surface area (Å²) in [4.78, 5) is 14.2. The number of ether oxygens (including phenoxy) is 1. The van der Waals surface area contributed by atoms with Gasteiger partial charge in [-0.05, 0) is 25.5 Å². The Labute approximate surface area is 111 Å². The second-order valence-corrected chi connectivity index (χ2v) is 4.81. The van der Waals surface area contributed by atoms with Crippen molar-refractivity contribution in [2.75, 3.05) is 20.2 Å². The van der Waals surface area contributed by atoms with Crippen LogP contribution in [0.1, 0.15) is 23.7 Å². The maximum atomic E-state index is 13.6. The molecular weight excluding hydrogens is 252 g/mol. The van der Waals surface area contributed by atoms with E-state index < -0.39 is 17.7 Å². The zero-order valence-corrected chi connectivity index (χ0v) is 11.0. The minimum Gasteiger partial charge on any atom is -0.380 e. The highest BCUT2D eigenvalue weighted by Crippen LogP contribution is 2.19. The second-order valence-electron chi connectivity index (χ2n) is 4.81. The number of ketones is 1. The maximum absolute atomic E-state index is 13.6. The molecule has 1 aromatic carbocycles. The quantitative estimate of drug-likeness (QED) is 0.785. The number of carbonyl (C=O) groups is 1. The van der Waals surface area contributed by atoms with Crippen LogP contribution in [0.2, 0.25) is 0 Å². The van der Waals surface area contributed by atoms with E-state index in [9.17, 15) is 13.6 Å². The lowest BCUT2D eigenvalue weighted by Gasteiger charge is -2.23. The van der Waals surface area contributed by atoms with Crippen LogP contribution in [0.15, 0.2) is 18.2 Å². The van der Waals surface area contributed by atoms with Crippen molar-refractivity contribution >= 4 is 5.78 Å². The second kappa shape index (κ2) is 5.75. The van der Waals surface area contributed by atoms with Crippen LogP contribution in [0.5, 0.6) is 0 Å². The molecule has 19 heavy (non-hydrogen) atoms. The third-order valence-corrected chi connectivity index (χ3v) is 3.63. The summed E-state index contributed by atoms with van der Waals surface area (Å²) in [6.07, 6.45) is 0.980. The number of benzene rings is 1. The minimum atomic E-state index is -0.806. The average molecular weight is 269 g/mol. The summed E-state index contributed by atoms with van der Waals surface area (Å²) in [7, 11) is 1.64. The summed E-state index contributed by atoms with van der Waals surface area (Å²) in [6, 6.07) is 2.61. The summed E-state index contributed by atoms with van der Waals surface area (Å²) < 4.78 is 31.7. The third-order valence-electron chi connectivity index (χ3n) is 3.63. The van der Waals surface area contributed by atoms with Crippen LogP contribution >= 0.6 is 0 Å². The molecule has 2 atom stereocenters. The average Bonchev–Trinajstić information content (AvgIpc) is 2.86. The Morgan fingerprint density at radius 3 is 2.79 bits per heavy atom. The van der Waals surface area contributed by atoms with Crippen LogP contribution in [-0.4, -0.2) is 43.0 Å². The molecule has 0 saturated carbocycles. The van der Waals surface area contributed by atoms with Gasteiger partial charge < -0.3 is 4.74 Å². The van der Waals surface area contributed by atoms with Crippen molar-refractivity contribution < 1.29 is 18.3 Å². The lowest BCUT2D eigenvalue weighted by Crippen LogP contribution is -2.38. The fourth-order valence-corrected chi connectivity index (χ4v) is 2.38. The Morgan fingerprint density at radius 2 is 2.21 bits per heavy atom. The number of nitrogens with zero attached hydrogens (tertiary/aromatic N) is 1. The summed E-state index contributed by atoms with van der Waals surface area (Å²) in [5.41, 5.74) is -0.0604. The SMILES string of the molecule is COC1CCN(C(C)C(=O)c2ccc(F)cc2F)C1. The van der Waals surface area contributed by atoms with Crippen molar-refractivity contribution in [3.05, 3.63) is 35.4 Å². The van der Waals surface area contributed by atoms with Gasteiger partial charge in [-0.2, -0.15) is 0 Å². The third kappa shape index (κ3) is 2.98. The number of rotatable bonds is 4. The Balaban J connectivity index is 2.11. The topological polar surface area (TPSA) is 29.5 Å². The number of hydrogen-bond donors (Lipinski definition) is 0. The molecule has 0 amide bonds. The Morgan fingerprint density at radius 1 is 1.47 bits per heavy atom. The van der Waals surface area contributed by atoms with Crippen molar-refractivity contribution in [1.82, 2.24) is 4.90 Å². The summed E-state index contributed by atoms with van der Waals surface area (Å²) in [5.74, 6) is -1.81. The smallest absolute Gasteiger partial charge is 0.182 e. The van der Waals surface area contributed by atoms with E-state index in [0.29, 0.717) is 6.54 Å². The van der Waals surface area contributed by atoms with Gasteiger partial charge in [0.25, 0.3) is 0 Å². The van der Waals surface area contributed by atoms with E-state index in [1.165, 1.54) is 6.07 Å². The molecule has 1 aliphatic rings. The van der Waals surface area contributed by atoms with Crippen molar-refractivity contribution in [3.63, 3.8) is 0 Å². The molecule has 1 aromatic rings. The molecule has 1 heterocycles. The van der Waals surface area contributed by atoms with Crippen molar-refractivity contribution in [3.8, 4) is 0 Å². The molecule has 104 valence electrons. The number of carbonyl (C=O) groups excluding carboxylic acids is 1. The molecule has 0 aromatic heterocycles. The zero-order chi connectivity index (χ0) is 14.0.